The highest BCUT2D eigenvalue weighted by atomic mass is 35.7. The van der Waals surface area contributed by atoms with Gasteiger partial charge in [0.1, 0.15) is 5.82 Å². The highest BCUT2D eigenvalue weighted by molar-refractivity contribution is 8.13. The fraction of sp³-hybridized carbons (Fsp3) is 0.462. The van der Waals surface area contributed by atoms with Crippen LogP contribution in [0, 0.1) is 12.7 Å². The SMILES string of the molecule is Cc1cc(F)c(C(=O)NC2CCOCC2)cc1S(=O)(=O)Cl. The molecule has 1 N–H and O–H groups in total. The zero-order chi connectivity index (χ0) is 15.6. The number of carbonyl (C=O) groups excluding carboxylic acids is 1. The second-order valence-corrected chi connectivity index (χ2v) is 7.43. The lowest BCUT2D eigenvalue weighted by Crippen LogP contribution is -2.39. The van der Waals surface area contributed by atoms with E-state index < -0.39 is 20.8 Å². The highest BCUT2D eigenvalue weighted by Crippen LogP contribution is 2.23. The van der Waals surface area contributed by atoms with Gasteiger partial charge in [0.25, 0.3) is 15.0 Å². The molecule has 2 rings (SSSR count). The average molecular weight is 336 g/mol. The van der Waals surface area contributed by atoms with Crippen molar-refractivity contribution >= 4 is 25.6 Å². The molecule has 1 amide bonds. The molecule has 0 radical (unpaired) electrons. The molecular weight excluding hydrogens is 321 g/mol. The second kappa shape index (κ2) is 6.29. The first kappa shape index (κ1) is 16.2. The Morgan fingerprint density at radius 2 is 2.00 bits per heavy atom. The number of hydrogen-bond acceptors (Lipinski definition) is 4. The van der Waals surface area contributed by atoms with Crippen molar-refractivity contribution in [2.24, 2.45) is 0 Å². The van der Waals surface area contributed by atoms with E-state index in [1.54, 1.807) is 0 Å². The van der Waals surface area contributed by atoms with Gasteiger partial charge in [-0.15, -0.1) is 0 Å². The quantitative estimate of drug-likeness (QED) is 0.857. The van der Waals surface area contributed by atoms with Gasteiger partial charge in [-0.25, -0.2) is 12.8 Å². The molecule has 0 aliphatic carbocycles. The Morgan fingerprint density at radius 3 is 2.57 bits per heavy atom. The van der Waals surface area contributed by atoms with Gasteiger partial charge in [0, 0.05) is 29.9 Å². The average Bonchev–Trinajstić information content (AvgIpc) is 2.38. The van der Waals surface area contributed by atoms with Gasteiger partial charge in [-0.3, -0.25) is 4.79 Å². The van der Waals surface area contributed by atoms with E-state index >= 15 is 0 Å². The molecule has 5 nitrogen and oxygen atoms in total. The van der Waals surface area contributed by atoms with Crippen LogP contribution in [0.2, 0.25) is 0 Å². The Bertz CT molecular complexity index is 656. The van der Waals surface area contributed by atoms with Gasteiger partial charge in [0.15, 0.2) is 0 Å². The van der Waals surface area contributed by atoms with Crippen LogP contribution in [0.4, 0.5) is 4.39 Å². The number of benzene rings is 1. The van der Waals surface area contributed by atoms with Crippen LogP contribution < -0.4 is 5.32 Å². The fourth-order valence-corrected chi connectivity index (χ4v) is 3.40. The molecule has 1 aliphatic rings. The summed E-state index contributed by atoms with van der Waals surface area (Å²) in [5.74, 6) is -1.43. The molecule has 21 heavy (non-hydrogen) atoms. The van der Waals surface area contributed by atoms with Crippen LogP contribution in [-0.2, 0) is 13.8 Å². The van der Waals surface area contributed by atoms with Gasteiger partial charge >= 0.3 is 0 Å². The third kappa shape index (κ3) is 3.93. The number of aryl methyl sites for hydroxylation is 1. The summed E-state index contributed by atoms with van der Waals surface area (Å²) in [6.07, 6.45) is 1.28. The van der Waals surface area contributed by atoms with E-state index in [0.29, 0.717) is 26.1 Å². The van der Waals surface area contributed by atoms with Crippen molar-refractivity contribution in [3.63, 3.8) is 0 Å². The molecule has 1 saturated heterocycles. The van der Waals surface area contributed by atoms with E-state index in [2.05, 4.69) is 5.32 Å². The number of amides is 1. The molecule has 8 heteroatoms. The smallest absolute Gasteiger partial charge is 0.261 e. The summed E-state index contributed by atoms with van der Waals surface area (Å²) < 4.78 is 41.9. The normalized spacial score (nSPS) is 16.7. The minimum Gasteiger partial charge on any atom is -0.381 e. The lowest BCUT2D eigenvalue weighted by Gasteiger charge is -2.23. The standard InChI is InChI=1S/C13H15ClFNO4S/c1-8-6-11(15)10(7-12(8)21(14,18)19)13(17)16-9-2-4-20-5-3-9/h6-7,9H,2-5H2,1H3,(H,16,17). The molecule has 0 bridgehead atoms. The number of nitrogens with one attached hydrogen (secondary N) is 1. The maximum Gasteiger partial charge on any atom is 0.261 e. The van der Waals surface area contributed by atoms with Gasteiger partial charge in [-0.1, -0.05) is 0 Å². The van der Waals surface area contributed by atoms with Gasteiger partial charge < -0.3 is 10.1 Å². The number of hydrogen-bond donors (Lipinski definition) is 1. The summed E-state index contributed by atoms with van der Waals surface area (Å²) in [7, 11) is 1.25. The summed E-state index contributed by atoms with van der Waals surface area (Å²) in [6.45, 7) is 2.48. The van der Waals surface area contributed by atoms with Crippen LogP contribution in [-0.4, -0.2) is 33.6 Å². The molecule has 0 atom stereocenters. The van der Waals surface area contributed by atoms with E-state index in [1.807, 2.05) is 0 Å². The van der Waals surface area contributed by atoms with Crippen LogP contribution in [0.25, 0.3) is 0 Å². The van der Waals surface area contributed by atoms with Crippen molar-refractivity contribution in [1.82, 2.24) is 5.32 Å². The minimum atomic E-state index is -4.03. The first-order valence-electron chi connectivity index (χ1n) is 6.42. The molecular formula is C13H15ClFNO4S. The third-order valence-electron chi connectivity index (χ3n) is 3.33. The molecule has 0 spiro atoms. The van der Waals surface area contributed by atoms with Crippen molar-refractivity contribution in [1.29, 1.82) is 0 Å². The molecule has 1 aromatic rings. The Hall–Kier alpha value is -1.18. The highest BCUT2D eigenvalue weighted by Gasteiger charge is 2.23. The number of rotatable bonds is 3. The van der Waals surface area contributed by atoms with E-state index in [-0.39, 0.29) is 22.1 Å². The topological polar surface area (TPSA) is 72.5 Å². The Morgan fingerprint density at radius 1 is 1.38 bits per heavy atom. The maximum absolute atomic E-state index is 13.9. The summed E-state index contributed by atoms with van der Waals surface area (Å²) >= 11 is 0. The Labute approximate surface area is 126 Å². The zero-order valence-electron chi connectivity index (χ0n) is 11.4. The molecule has 0 unspecified atom stereocenters. The molecule has 1 aliphatic heterocycles. The van der Waals surface area contributed by atoms with Crippen LogP contribution in [0.3, 0.4) is 0 Å². The zero-order valence-corrected chi connectivity index (χ0v) is 12.9. The molecule has 0 aromatic heterocycles. The molecule has 1 aromatic carbocycles. The van der Waals surface area contributed by atoms with Crippen molar-refractivity contribution < 1.29 is 22.3 Å². The van der Waals surface area contributed by atoms with Crippen molar-refractivity contribution in [2.75, 3.05) is 13.2 Å². The summed E-state index contributed by atoms with van der Waals surface area (Å²) in [5.41, 5.74) is -0.170. The largest absolute Gasteiger partial charge is 0.381 e. The van der Waals surface area contributed by atoms with Crippen LogP contribution in [0.1, 0.15) is 28.8 Å². The fourth-order valence-electron chi connectivity index (χ4n) is 2.19. The monoisotopic (exact) mass is 335 g/mol. The molecule has 116 valence electrons. The number of ether oxygens (including phenoxy) is 1. The van der Waals surface area contributed by atoms with Crippen molar-refractivity contribution in [3.05, 3.63) is 29.1 Å². The molecule has 1 heterocycles. The van der Waals surface area contributed by atoms with Gasteiger partial charge in [-0.2, -0.15) is 0 Å². The Balaban J connectivity index is 2.28. The minimum absolute atomic E-state index is 0.108. The first-order chi connectivity index (χ1) is 9.79. The van der Waals surface area contributed by atoms with Crippen molar-refractivity contribution in [2.45, 2.75) is 30.7 Å². The lowest BCUT2D eigenvalue weighted by molar-refractivity contribution is 0.0694. The lowest BCUT2D eigenvalue weighted by atomic mass is 10.1. The Kier molecular flexibility index (Phi) is 4.85. The summed E-state index contributed by atoms with van der Waals surface area (Å²) in [4.78, 5) is 11.8. The van der Waals surface area contributed by atoms with Gasteiger partial charge in [-0.05, 0) is 37.5 Å². The van der Waals surface area contributed by atoms with E-state index in [0.717, 1.165) is 12.1 Å². The van der Waals surface area contributed by atoms with Gasteiger partial charge in [0.2, 0.25) is 0 Å². The van der Waals surface area contributed by atoms with Crippen LogP contribution >= 0.6 is 10.7 Å². The maximum atomic E-state index is 13.9. The van der Waals surface area contributed by atoms with Crippen LogP contribution in [0.15, 0.2) is 17.0 Å². The van der Waals surface area contributed by atoms with E-state index in [4.69, 9.17) is 15.4 Å². The predicted octanol–water partition coefficient (Wildman–Crippen LogP) is 1.97. The molecule has 0 saturated carbocycles. The first-order valence-corrected chi connectivity index (χ1v) is 8.73. The number of carbonyl (C=O) groups is 1. The second-order valence-electron chi connectivity index (χ2n) is 4.90. The van der Waals surface area contributed by atoms with Crippen molar-refractivity contribution in [3.8, 4) is 0 Å². The van der Waals surface area contributed by atoms with Gasteiger partial charge in [0.05, 0.1) is 10.5 Å². The number of halogens is 2. The third-order valence-corrected chi connectivity index (χ3v) is 4.79. The van der Waals surface area contributed by atoms with E-state index in [9.17, 15) is 17.6 Å². The summed E-state index contributed by atoms with van der Waals surface area (Å²) in [5, 5.41) is 2.68. The predicted molar refractivity (Wildman–Crippen MR) is 75.5 cm³/mol. The van der Waals surface area contributed by atoms with Crippen LogP contribution in [0.5, 0.6) is 0 Å². The molecule has 1 fully saturated rings. The van der Waals surface area contributed by atoms with E-state index in [1.165, 1.54) is 6.92 Å². The summed E-state index contributed by atoms with van der Waals surface area (Å²) in [6, 6.07) is 1.86.